The first-order chi connectivity index (χ1) is 9.00. The van der Waals surface area contributed by atoms with Gasteiger partial charge in [-0.25, -0.2) is 0 Å². The van der Waals surface area contributed by atoms with Gasteiger partial charge in [-0.1, -0.05) is 12.1 Å². The Bertz CT molecular complexity index is 463. The Morgan fingerprint density at radius 1 is 1.16 bits per heavy atom. The molecule has 1 aliphatic heterocycles. The zero-order chi connectivity index (χ0) is 14.0. The lowest BCUT2D eigenvalue weighted by molar-refractivity contribution is -0.00470. The van der Waals surface area contributed by atoms with Crippen LogP contribution in [-0.2, 0) is 4.74 Å². The molecule has 19 heavy (non-hydrogen) atoms. The van der Waals surface area contributed by atoms with Gasteiger partial charge in [-0.3, -0.25) is 14.5 Å². The van der Waals surface area contributed by atoms with Crippen LogP contribution in [0.25, 0.3) is 0 Å². The Hall–Kier alpha value is -1.72. The topological polar surface area (TPSA) is 66.8 Å². The minimum Gasteiger partial charge on any atom is -0.389 e. The fourth-order valence-corrected chi connectivity index (χ4v) is 1.97. The van der Waals surface area contributed by atoms with Crippen molar-refractivity contribution in [2.45, 2.75) is 26.1 Å². The van der Waals surface area contributed by atoms with Crippen LogP contribution in [0, 0.1) is 0 Å². The second-order valence-corrected chi connectivity index (χ2v) is 4.80. The maximum absolute atomic E-state index is 12.0. The highest BCUT2D eigenvalue weighted by atomic mass is 16.5. The van der Waals surface area contributed by atoms with Crippen LogP contribution in [0.1, 0.15) is 34.6 Å². The standard InChI is InChI=1S/C14H17NO4/c1-9(2)19-8-10(16)7-15-13(17)11-5-3-4-6-12(11)14(15)18/h3-6,9-10,16H,7-8H2,1-2H3/t10-/m0/s1. The van der Waals surface area contributed by atoms with E-state index in [0.717, 1.165) is 4.90 Å². The molecule has 2 rings (SSSR count). The molecule has 1 heterocycles. The van der Waals surface area contributed by atoms with Crippen LogP contribution < -0.4 is 0 Å². The Morgan fingerprint density at radius 2 is 1.68 bits per heavy atom. The molecule has 1 aliphatic rings. The summed E-state index contributed by atoms with van der Waals surface area (Å²) in [5, 5.41) is 9.80. The molecule has 0 aromatic heterocycles. The number of fused-ring (bicyclic) bond motifs is 1. The smallest absolute Gasteiger partial charge is 0.261 e. The fraction of sp³-hybridized carbons (Fsp3) is 0.429. The van der Waals surface area contributed by atoms with Gasteiger partial charge in [0.05, 0.1) is 36.5 Å². The van der Waals surface area contributed by atoms with E-state index in [1.807, 2.05) is 13.8 Å². The SMILES string of the molecule is CC(C)OC[C@@H](O)CN1C(=O)c2ccccc2C1=O. The maximum Gasteiger partial charge on any atom is 0.261 e. The summed E-state index contributed by atoms with van der Waals surface area (Å²) in [6.07, 6.45) is -0.874. The number of imide groups is 1. The van der Waals surface area contributed by atoms with E-state index in [0.29, 0.717) is 11.1 Å². The predicted octanol–water partition coefficient (Wildman–Crippen LogP) is 1.07. The van der Waals surface area contributed by atoms with Gasteiger partial charge < -0.3 is 9.84 Å². The molecule has 0 spiro atoms. The van der Waals surface area contributed by atoms with Gasteiger partial charge in [0, 0.05) is 0 Å². The number of hydrogen-bond acceptors (Lipinski definition) is 4. The van der Waals surface area contributed by atoms with Crippen LogP contribution in [0.2, 0.25) is 0 Å². The largest absolute Gasteiger partial charge is 0.389 e. The number of carbonyl (C=O) groups is 2. The van der Waals surface area contributed by atoms with Gasteiger partial charge in [-0.05, 0) is 26.0 Å². The molecule has 0 aliphatic carbocycles. The molecule has 0 saturated heterocycles. The number of β-amino-alcohol motifs (C(OH)–C–C–N with tert-alkyl or cyclic N) is 1. The van der Waals surface area contributed by atoms with Crippen molar-refractivity contribution in [2.24, 2.45) is 0 Å². The van der Waals surface area contributed by atoms with Crippen LogP contribution in [0.4, 0.5) is 0 Å². The third-order valence-corrected chi connectivity index (χ3v) is 2.89. The molecule has 0 saturated carbocycles. The van der Waals surface area contributed by atoms with E-state index in [2.05, 4.69) is 0 Å². The zero-order valence-corrected chi connectivity index (χ0v) is 11.0. The highest BCUT2D eigenvalue weighted by Gasteiger charge is 2.36. The molecule has 5 heteroatoms. The first-order valence-corrected chi connectivity index (χ1v) is 6.25. The molecule has 0 bridgehead atoms. The fourth-order valence-electron chi connectivity index (χ4n) is 1.97. The molecule has 0 radical (unpaired) electrons. The summed E-state index contributed by atoms with van der Waals surface area (Å²) in [6.45, 7) is 3.77. The summed E-state index contributed by atoms with van der Waals surface area (Å²) in [6, 6.07) is 6.66. The molecule has 1 aromatic rings. The van der Waals surface area contributed by atoms with Crippen LogP contribution in [0.15, 0.2) is 24.3 Å². The highest BCUT2D eigenvalue weighted by Crippen LogP contribution is 2.22. The molecule has 1 atom stereocenters. The van der Waals surface area contributed by atoms with Crippen LogP contribution in [0.3, 0.4) is 0 Å². The quantitative estimate of drug-likeness (QED) is 0.807. The van der Waals surface area contributed by atoms with Gasteiger partial charge in [-0.15, -0.1) is 0 Å². The van der Waals surface area contributed by atoms with Crippen molar-refractivity contribution in [1.82, 2.24) is 4.90 Å². The molecule has 1 aromatic carbocycles. The van der Waals surface area contributed by atoms with Gasteiger partial charge in [0.1, 0.15) is 0 Å². The molecule has 2 amide bonds. The Labute approximate surface area is 111 Å². The monoisotopic (exact) mass is 263 g/mol. The van der Waals surface area contributed by atoms with Gasteiger partial charge in [-0.2, -0.15) is 0 Å². The lowest BCUT2D eigenvalue weighted by Crippen LogP contribution is -2.39. The van der Waals surface area contributed by atoms with E-state index in [9.17, 15) is 14.7 Å². The van der Waals surface area contributed by atoms with Gasteiger partial charge in [0.15, 0.2) is 0 Å². The second kappa shape index (κ2) is 5.50. The number of nitrogens with zero attached hydrogens (tertiary/aromatic N) is 1. The van der Waals surface area contributed by atoms with Crippen molar-refractivity contribution in [2.75, 3.05) is 13.2 Å². The summed E-state index contributed by atoms with van der Waals surface area (Å²) >= 11 is 0. The van der Waals surface area contributed by atoms with E-state index < -0.39 is 6.10 Å². The second-order valence-electron chi connectivity index (χ2n) is 4.80. The van der Waals surface area contributed by atoms with Crippen LogP contribution >= 0.6 is 0 Å². The number of carbonyl (C=O) groups excluding carboxylic acids is 2. The summed E-state index contributed by atoms with van der Waals surface area (Å²) in [5.74, 6) is -0.714. The Balaban J connectivity index is 2.04. The number of aliphatic hydroxyl groups is 1. The number of benzene rings is 1. The van der Waals surface area contributed by atoms with Crippen molar-refractivity contribution in [1.29, 1.82) is 0 Å². The normalized spacial score (nSPS) is 16.1. The van der Waals surface area contributed by atoms with E-state index >= 15 is 0 Å². The number of ether oxygens (including phenoxy) is 1. The number of hydrogen-bond donors (Lipinski definition) is 1. The Kier molecular flexibility index (Phi) is 3.97. The van der Waals surface area contributed by atoms with Crippen molar-refractivity contribution >= 4 is 11.8 Å². The average Bonchev–Trinajstić information content (AvgIpc) is 2.62. The van der Waals surface area contributed by atoms with E-state index in [-0.39, 0.29) is 31.1 Å². The summed E-state index contributed by atoms with van der Waals surface area (Å²) < 4.78 is 5.26. The third-order valence-electron chi connectivity index (χ3n) is 2.89. The molecule has 0 unspecified atom stereocenters. The van der Waals surface area contributed by atoms with Crippen molar-refractivity contribution in [3.63, 3.8) is 0 Å². The molecule has 1 N–H and O–H groups in total. The van der Waals surface area contributed by atoms with E-state index in [1.54, 1.807) is 24.3 Å². The molecule has 5 nitrogen and oxygen atoms in total. The number of rotatable bonds is 5. The number of amides is 2. The van der Waals surface area contributed by atoms with E-state index in [4.69, 9.17) is 4.74 Å². The van der Waals surface area contributed by atoms with Crippen molar-refractivity contribution < 1.29 is 19.4 Å². The highest BCUT2D eigenvalue weighted by molar-refractivity contribution is 6.21. The average molecular weight is 263 g/mol. The first kappa shape index (κ1) is 13.7. The molecule has 0 fully saturated rings. The first-order valence-electron chi connectivity index (χ1n) is 6.25. The Morgan fingerprint density at radius 3 is 2.16 bits per heavy atom. The van der Waals surface area contributed by atoms with Crippen molar-refractivity contribution in [3.05, 3.63) is 35.4 Å². The van der Waals surface area contributed by atoms with E-state index in [1.165, 1.54) is 0 Å². The van der Waals surface area contributed by atoms with Gasteiger partial charge in [0.2, 0.25) is 0 Å². The minimum absolute atomic E-state index is 0.00294. The molecular weight excluding hydrogens is 246 g/mol. The maximum atomic E-state index is 12.0. The van der Waals surface area contributed by atoms with Gasteiger partial charge in [0.25, 0.3) is 11.8 Å². The molecular formula is C14H17NO4. The minimum atomic E-state index is -0.871. The van der Waals surface area contributed by atoms with Crippen LogP contribution in [-0.4, -0.2) is 47.2 Å². The molecule has 102 valence electrons. The van der Waals surface area contributed by atoms with Crippen LogP contribution in [0.5, 0.6) is 0 Å². The summed E-state index contributed by atoms with van der Waals surface area (Å²) in [4.78, 5) is 25.1. The number of aliphatic hydroxyl groups excluding tert-OH is 1. The lowest BCUT2D eigenvalue weighted by atomic mass is 10.1. The summed E-state index contributed by atoms with van der Waals surface area (Å²) in [5.41, 5.74) is 0.786. The van der Waals surface area contributed by atoms with Crippen molar-refractivity contribution in [3.8, 4) is 0 Å². The zero-order valence-electron chi connectivity index (χ0n) is 11.0. The lowest BCUT2D eigenvalue weighted by Gasteiger charge is -2.19. The van der Waals surface area contributed by atoms with Gasteiger partial charge >= 0.3 is 0 Å². The summed E-state index contributed by atoms with van der Waals surface area (Å²) in [7, 11) is 0. The third kappa shape index (κ3) is 2.83. The predicted molar refractivity (Wildman–Crippen MR) is 68.9 cm³/mol.